The van der Waals surface area contributed by atoms with E-state index >= 15 is 0 Å². The summed E-state index contributed by atoms with van der Waals surface area (Å²) in [5.41, 5.74) is 0. The van der Waals surface area contributed by atoms with Crippen LogP contribution in [0, 0.1) is 0 Å². The fraction of sp³-hybridized carbons (Fsp3) is 0.753. The van der Waals surface area contributed by atoms with Gasteiger partial charge >= 0.3 is 39.5 Å². The lowest BCUT2D eigenvalue weighted by Gasteiger charge is -2.21. The first kappa shape index (κ1) is 96.0. The number of esters is 4. The Bertz CT molecular complexity index is 2270. The zero-order valence-corrected chi connectivity index (χ0v) is 64.9. The summed E-state index contributed by atoms with van der Waals surface area (Å²) in [5.74, 6) is -2.29. The molecule has 0 amide bonds. The first-order valence-electron chi connectivity index (χ1n) is 39.5. The van der Waals surface area contributed by atoms with Crippen LogP contribution in [0.25, 0.3) is 0 Å². The van der Waals surface area contributed by atoms with E-state index in [0.29, 0.717) is 38.5 Å². The molecule has 17 nitrogen and oxygen atoms in total. The molecule has 0 saturated carbocycles. The van der Waals surface area contributed by atoms with Crippen molar-refractivity contribution in [3.05, 3.63) is 97.2 Å². The number of aliphatic hydroxyl groups is 1. The van der Waals surface area contributed by atoms with Crippen LogP contribution in [0.4, 0.5) is 0 Å². The van der Waals surface area contributed by atoms with E-state index in [1.165, 1.54) is 148 Å². The largest absolute Gasteiger partial charge is 0.472 e. The summed E-state index contributed by atoms with van der Waals surface area (Å²) in [6.07, 6.45) is 76.9. The molecule has 100 heavy (non-hydrogen) atoms. The van der Waals surface area contributed by atoms with Crippen LogP contribution in [0.5, 0.6) is 0 Å². The molecule has 0 aliphatic carbocycles. The highest BCUT2D eigenvalue weighted by Crippen LogP contribution is 2.45. The van der Waals surface area contributed by atoms with E-state index in [4.69, 9.17) is 37.0 Å². The van der Waals surface area contributed by atoms with Gasteiger partial charge in [0.15, 0.2) is 12.2 Å². The van der Waals surface area contributed by atoms with Crippen molar-refractivity contribution in [2.45, 2.75) is 354 Å². The lowest BCUT2D eigenvalue weighted by molar-refractivity contribution is -0.161. The van der Waals surface area contributed by atoms with E-state index in [-0.39, 0.29) is 25.7 Å². The van der Waals surface area contributed by atoms with E-state index in [1.807, 2.05) is 24.3 Å². The Morgan fingerprint density at radius 3 is 0.800 bits per heavy atom. The Hall–Kier alpha value is -4.02. The SMILES string of the molecule is CCCCC/C=C\C/C=C\C/C=C\C/C=C\CCCC(=O)OC[C@H](COP(=O)(O)OC[C@@H](O)COP(=O)(O)OC[C@@H](COC(=O)CCCCCCCCCCCCCCC)OC(=O)CCC/C=C\C/C=C\C/C=C\C/C=C\CCCCC)OC(=O)CCCCCCCCCCCCCCC. The first-order valence-corrected chi connectivity index (χ1v) is 42.5. The number of hydrogen-bond donors (Lipinski definition) is 3. The third-order valence-electron chi connectivity index (χ3n) is 16.6. The molecule has 0 bridgehead atoms. The van der Waals surface area contributed by atoms with Gasteiger partial charge in [-0.1, -0.05) is 305 Å². The van der Waals surface area contributed by atoms with Crippen molar-refractivity contribution in [3.8, 4) is 0 Å². The number of aliphatic hydroxyl groups excluding tert-OH is 1. The van der Waals surface area contributed by atoms with Crippen molar-refractivity contribution in [1.82, 2.24) is 0 Å². The zero-order chi connectivity index (χ0) is 73.2. The minimum Gasteiger partial charge on any atom is -0.462 e. The lowest BCUT2D eigenvalue weighted by atomic mass is 10.0. The van der Waals surface area contributed by atoms with Gasteiger partial charge in [0.2, 0.25) is 0 Å². The summed E-state index contributed by atoms with van der Waals surface area (Å²) in [6, 6.07) is 0. The maximum atomic E-state index is 13.1. The van der Waals surface area contributed by atoms with Gasteiger partial charge < -0.3 is 33.8 Å². The Labute approximate surface area is 607 Å². The fourth-order valence-electron chi connectivity index (χ4n) is 10.5. The first-order chi connectivity index (χ1) is 48.7. The molecular weight excluding hydrogens is 1310 g/mol. The van der Waals surface area contributed by atoms with Crippen LogP contribution >= 0.6 is 15.6 Å². The van der Waals surface area contributed by atoms with Crippen molar-refractivity contribution in [3.63, 3.8) is 0 Å². The number of rotatable bonds is 74. The number of phosphoric ester groups is 2. The number of carbonyl (C=O) groups is 4. The highest BCUT2D eigenvalue weighted by atomic mass is 31.2. The topological polar surface area (TPSA) is 237 Å². The zero-order valence-electron chi connectivity index (χ0n) is 63.1. The molecule has 19 heteroatoms. The molecule has 0 aliphatic heterocycles. The van der Waals surface area contributed by atoms with Crippen molar-refractivity contribution < 1.29 is 80.2 Å². The number of allylic oxidation sites excluding steroid dienone is 16. The average molecular weight is 1450 g/mol. The Morgan fingerprint density at radius 1 is 0.280 bits per heavy atom. The van der Waals surface area contributed by atoms with Crippen molar-refractivity contribution >= 4 is 39.5 Å². The molecule has 0 aromatic rings. The van der Waals surface area contributed by atoms with Crippen molar-refractivity contribution in [2.24, 2.45) is 0 Å². The number of ether oxygens (including phenoxy) is 4. The van der Waals surface area contributed by atoms with Gasteiger partial charge in [-0.15, -0.1) is 0 Å². The second-order valence-corrected chi connectivity index (χ2v) is 29.2. The van der Waals surface area contributed by atoms with Crippen LogP contribution in [0.3, 0.4) is 0 Å². The molecule has 0 aromatic carbocycles. The van der Waals surface area contributed by atoms with E-state index in [0.717, 1.165) is 96.3 Å². The quantitative estimate of drug-likeness (QED) is 0.0169. The molecule has 0 fully saturated rings. The average Bonchev–Trinajstić information content (AvgIpc) is 1.93. The second kappa shape index (κ2) is 73.3. The normalized spacial score (nSPS) is 14.4. The van der Waals surface area contributed by atoms with Gasteiger partial charge in [-0.25, -0.2) is 9.13 Å². The molecule has 0 aromatic heterocycles. The molecule has 5 atom stereocenters. The minimum absolute atomic E-state index is 0.0202. The standard InChI is InChI=1S/C81H142O17P2/c1-5-9-13-17-21-25-29-33-35-37-39-43-46-50-54-58-62-66-79(84)92-72-76(97-80(85)67-63-59-55-51-47-42-32-28-24-20-16-12-8-4)73-95-99(87,88)93-69-75(82)70-94-100(89,90)96-74-77(71-91-78(83)65-61-57-53-49-45-41-31-27-23-19-15-11-7-3)98-81(86)68-64-60-56-52-48-44-40-38-36-34-30-26-22-18-14-10-6-2/h21-22,25-26,33-36,39-40,43-44,50,52,54,56,75-77,82H,5-20,23-24,27-32,37-38,41-42,45-49,51,53,55,57-74H2,1-4H3,(H,87,88)(H,89,90)/b25-21-,26-22-,35-33-,36-34-,43-39-,44-40-,54-50-,56-52-/t75-,76-,77-/m1/s1. The minimum atomic E-state index is -4.99. The molecule has 0 saturated heterocycles. The highest BCUT2D eigenvalue weighted by Gasteiger charge is 2.30. The van der Waals surface area contributed by atoms with Crippen LogP contribution < -0.4 is 0 Å². The van der Waals surface area contributed by atoms with Crippen molar-refractivity contribution in [2.75, 3.05) is 39.6 Å². The maximum absolute atomic E-state index is 13.1. The molecule has 0 heterocycles. The Morgan fingerprint density at radius 2 is 0.500 bits per heavy atom. The van der Waals surface area contributed by atoms with Gasteiger partial charge in [0.05, 0.1) is 26.4 Å². The molecule has 0 rings (SSSR count). The lowest BCUT2D eigenvalue weighted by Crippen LogP contribution is -2.30. The molecule has 0 spiro atoms. The Kier molecular flexibility index (Phi) is 70.4. The summed E-state index contributed by atoms with van der Waals surface area (Å²) >= 11 is 0. The van der Waals surface area contributed by atoms with E-state index in [2.05, 4.69) is 101 Å². The molecule has 0 aliphatic rings. The summed E-state index contributed by atoms with van der Waals surface area (Å²) in [4.78, 5) is 72.9. The van der Waals surface area contributed by atoms with E-state index in [1.54, 1.807) is 0 Å². The predicted molar refractivity (Wildman–Crippen MR) is 409 cm³/mol. The third kappa shape index (κ3) is 72.3. The van der Waals surface area contributed by atoms with Crippen LogP contribution in [0.15, 0.2) is 97.2 Å². The predicted octanol–water partition coefficient (Wildman–Crippen LogP) is 22.8. The monoisotopic (exact) mass is 1450 g/mol. The molecular formula is C81H142O17P2. The van der Waals surface area contributed by atoms with Crippen LogP contribution in [0.1, 0.15) is 336 Å². The van der Waals surface area contributed by atoms with Crippen LogP contribution in [-0.4, -0.2) is 96.7 Å². The second-order valence-electron chi connectivity index (χ2n) is 26.3. The molecule has 3 N–H and O–H groups in total. The summed E-state index contributed by atoms with van der Waals surface area (Å²) in [7, 11) is -9.98. The number of carbonyl (C=O) groups excluding carboxylic acids is 4. The third-order valence-corrected chi connectivity index (χ3v) is 18.5. The van der Waals surface area contributed by atoms with Gasteiger partial charge in [0.25, 0.3) is 0 Å². The van der Waals surface area contributed by atoms with Gasteiger partial charge in [0, 0.05) is 25.7 Å². The van der Waals surface area contributed by atoms with Gasteiger partial charge in [-0.05, 0) is 103 Å². The van der Waals surface area contributed by atoms with E-state index < -0.39 is 97.5 Å². The van der Waals surface area contributed by atoms with Gasteiger partial charge in [-0.2, -0.15) is 0 Å². The fourth-order valence-corrected chi connectivity index (χ4v) is 12.1. The summed E-state index contributed by atoms with van der Waals surface area (Å²) in [5, 5.41) is 10.6. The number of unbranched alkanes of at least 4 members (excludes halogenated alkanes) is 32. The molecule has 578 valence electrons. The summed E-state index contributed by atoms with van der Waals surface area (Å²) < 4.78 is 68.4. The van der Waals surface area contributed by atoms with E-state index in [9.17, 15) is 43.2 Å². The van der Waals surface area contributed by atoms with Crippen LogP contribution in [0.2, 0.25) is 0 Å². The van der Waals surface area contributed by atoms with Gasteiger partial charge in [0.1, 0.15) is 19.3 Å². The van der Waals surface area contributed by atoms with Crippen molar-refractivity contribution in [1.29, 1.82) is 0 Å². The van der Waals surface area contributed by atoms with Crippen LogP contribution in [-0.2, 0) is 65.4 Å². The number of phosphoric acid groups is 2. The molecule has 2 unspecified atom stereocenters. The maximum Gasteiger partial charge on any atom is 0.472 e. The number of hydrogen-bond acceptors (Lipinski definition) is 15. The highest BCUT2D eigenvalue weighted by molar-refractivity contribution is 7.47. The summed E-state index contributed by atoms with van der Waals surface area (Å²) in [6.45, 7) is 4.73. The smallest absolute Gasteiger partial charge is 0.462 e. The van der Waals surface area contributed by atoms with Gasteiger partial charge in [-0.3, -0.25) is 37.3 Å². The molecule has 0 radical (unpaired) electrons. The Balaban J connectivity index is 5.42.